The Labute approximate surface area is 176 Å². The van der Waals surface area contributed by atoms with Crippen LogP contribution in [0.4, 0.5) is 9.52 Å². The number of benzene rings is 2. The molecule has 3 aromatic rings. The molecule has 1 fully saturated rings. The molecule has 1 aliphatic heterocycles. The van der Waals surface area contributed by atoms with Crippen molar-refractivity contribution >= 4 is 45.9 Å². The normalized spacial score (nSPS) is 14.8. The standard InChI is InChI=1S/C21H19FN2OS3/c22-18-5-2-1-4-16(18)12-17-13-23-21(28-17)24-19(25)14-6-8-15(9-7-14)20-26-10-3-11-27-20/h1-2,4-9,13,20H,3,10-12H2,(H,23,24,25). The quantitative estimate of drug-likeness (QED) is 0.539. The number of rotatable bonds is 5. The Balaban J connectivity index is 1.38. The number of nitrogens with zero attached hydrogens (tertiary/aromatic N) is 1. The van der Waals surface area contributed by atoms with Crippen LogP contribution >= 0.6 is 34.9 Å². The van der Waals surface area contributed by atoms with E-state index >= 15 is 0 Å². The third kappa shape index (κ3) is 4.77. The number of hydrogen-bond acceptors (Lipinski definition) is 5. The fourth-order valence-corrected chi connectivity index (χ4v) is 6.64. The van der Waals surface area contributed by atoms with E-state index in [4.69, 9.17) is 0 Å². The summed E-state index contributed by atoms with van der Waals surface area (Å²) in [4.78, 5) is 17.7. The molecule has 1 amide bonds. The van der Waals surface area contributed by atoms with E-state index in [1.54, 1.807) is 18.3 Å². The fourth-order valence-electron chi connectivity index (χ4n) is 2.92. The lowest BCUT2D eigenvalue weighted by atomic mass is 10.1. The van der Waals surface area contributed by atoms with Crippen LogP contribution in [0.3, 0.4) is 0 Å². The van der Waals surface area contributed by atoms with Crippen LogP contribution in [0.1, 0.15) is 37.4 Å². The number of thioether (sulfide) groups is 2. The van der Waals surface area contributed by atoms with Gasteiger partial charge in [0.1, 0.15) is 5.82 Å². The van der Waals surface area contributed by atoms with Crippen molar-refractivity contribution in [2.45, 2.75) is 17.4 Å². The van der Waals surface area contributed by atoms with E-state index < -0.39 is 0 Å². The molecular formula is C21H19FN2OS3. The van der Waals surface area contributed by atoms with Gasteiger partial charge >= 0.3 is 0 Å². The lowest BCUT2D eigenvalue weighted by Crippen LogP contribution is -2.11. The van der Waals surface area contributed by atoms with Crippen molar-refractivity contribution in [3.8, 4) is 0 Å². The van der Waals surface area contributed by atoms with E-state index in [0.717, 1.165) is 4.88 Å². The first kappa shape index (κ1) is 19.5. The largest absolute Gasteiger partial charge is 0.298 e. The van der Waals surface area contributed by atoms with E-state index in [-0.39, 0.29) is 11.7 Å². The minimum atomic E-state index is -0.226. The maximum absolute atomic E-state index is 13.8. The summed E-state index contributed by atoms with van der Waals surface area (Å²) in [7, 11) is 0. The summed E-state index contributed by atoms with van der Waals surface area (Å²) < 4.78 is 14.3. The minimum Gasteiger partial charge on any atom is -0.298 e. The second-order valence-electron chi connectivity index (χ2n) is 6.40. The van der Waals surface area contributed by atoms with Gasteiger partial charge in [-0.15, -0.1) is 34.9 Å². The van der Waals surface area contributed by atoms with E-state index in [9.17, 15) is 9.18 Å². The zero-order chi connectivity index (χ0) is 19.3. The number of aromatic nitrogens is 1. The van der Waals surface area contributed by atoms with Crippen LogP contribution in [0.25, 0.3) is 0 Å². The zero-order valence-corrected chi connectivity index (χ0v) is 17.5. The third-order valence-corrected chi connectivity index (χ3v) is 8.30. The van der Waals surface area contributed by atoms with Gasteiger partial charge in [0.2, 0.25) is 0 Å². The molecule has 0 atom stereocenters. The van der Waals surface area contributed by atoms with Gasteiger partial charge in [0.15, 0.2) is 5.13 Å². The highest BCUT2D eigenvalue weighted by atomic mass is 32.2. The van der Waals surface area contributed by atoms with Crippen LogP contribution in [0.2, 0.25) is 0 Å². The predicted octanol–water partition coefficient (Wildman–Crippen LogP) is 5.99. The molecule has 0 saturated carbocycles. The molecule has 0 radical (unpaired) electrons. The van der Waals surface area contributed by atoms with Gasteiger partial charge in [0.05, 0.1) is 4.58 Å². The molecule has 28 heavy (non-hydrogen) atoms. The van der Waals surface area contributed by atoms with Crippen LogP contribution in [0, 0.1) is 5.82 Å². The van der Waals surface area contributed by atoms with Gasteiger partial charge in [-0.3, -0.25) is 10.1 Å². The van der Waals surface area contributed by atoms with Crippen LogP contribution in [-0.4, -0.2) is 22.4 Å². The number of amides is 1. The molecule has 2 aromatic carbocycles. The summed E-state index contributed by atoms with van der Waals surface area (Å²) >= 11 is 5.30. The van der Waals surface area contributed by atoms with Crippen molar-refractivity contribution in [2.24, 2.45) is 0 Å². The van der Waals surface area contributed by atoms with Gasteiger partial charge in [0.25, 0.3) is 5.91 Å². The molecule has 4 rings (SSSR count). The van der Waals surface area contributed by atoms with Crippen LogP contribution in [0.5, 0.6) is 0 Å². The molecule has 144 valence electrons. The summed E-state index contributed by atoms with van der Waals surface area (Å²) in [5.74, 6) is 1.98. The fraction of sp³-hybridized carbons (Fsp3) is 0.238. The number of thiazole rings is 1. The monoisotopic (exact) mass is 430 g/mol. The van der Waals surface area contributed by atoms with E-state index in [1.165, 1.54) is 40.9 Å². The maximum Gasteiger partial charge on any atom is 0.257 e. The van der Waals surface area contributed by atoms with E-state index in [2.05, 4.69) is 10.3 Å². The molecule has 0 bridgehead atoms. The van der Waals surface area contributed by atoms with Gasteiger partial charge in [0, 0.05) is 23.1 Å². The summed E-state index contributed by atoms with van der Waals surface area (Å²) in [5, 5.41) is 3.37. The molecule has 1 aliphatic rings. The van der Waals surface area contributed by atoms with Crippen molar-refractivity contribution < 1.29 is 9.18 Å². The number of anilines is 1. The van der Waals surface area contributed by atoms with Crippen molar-refractivity contribution in [3.63, 3.8) is 0 Å². The van der Waals surface area contributed by atoms with Crippen LogP contribution < -0.4 is 5.32 Å². The van der Waals surface area contributed by atoms with Gasteiger partial charge in [-0.1, -0.05) is 30.3 Å². The number of carbonyl (C=O) groups is 1. The molecule has 0 unspecified atom stereocenters. The first-order chi connectivity index (χ1) is 13.7. The predicted molar refractivity (Wildman–Crippen MR) is 118 cm³/mol. The molecule has 0 aliphatic carbocycles. The van der Waals surface area contributed by atoms with Gasteiger partial charge in [-0.2, -0.15) is 0 Å². The van der Waals surface area contributed by atoms with Crippen molar-refractivity contribution in [3.05, 3.63) is 82.1 Å². The second kappa shape index (κ2) is 9.11. The minimum absolute atomic E-state index is 0.178. The summed E-state index contributed by atoms with van der Waals surface area (Å²) in [5.41, 5.74) is 2.49. The summed E-state index contributed by atoms with van der Waals surface area (Å²) in [6.45, 7) is 0. The Bertz CT molecular complexity index is 952. The first-order valence-electron chi connectivity index (χ1n) is 9.02. The average Bonchev–Trinajstić information content (AvgIpc) is 3.17. The molecule has 3 nitrogen and oxygen atoms in total. The Kier molecular flexibility index (Phi) is 6.34. The number of nitrogens with one attached hydrogen (secondary N) is 1. The maximum atomic E-state index is 13.8. The van der Waals surface area contributed by atoms with Crippen molar-refractivity contribution in [2.75, 3.05) is 16.8 Å². The lowest BCUT2D eigenvalue weighted by molar-refractivity contribution is 0.102. The number of halogens is 1. The summed E-state index contributed by atoms with van der Waals surface area (Å²) in [6.07, 6.45) is 3.41. The first-order valence-corrected chi connectivity index (χ1v) is 11.9. The van der Waals surface area contributed by atoms with Gasteiger partial charge in [-0.05, 0) is 47.3 Å². The molecule has 1 saturated heterocycles. The van der Waals surface area contributed by atoms with Crippen molar-refractivity contribution in [1.82, 2.24) is 4.98 Å². The highest BCUT2D eigenvalue weighted by Crippen LogP contribution is 2.43. The molecule has 0 spiro atoms. The Morgan fingerprint density at radius 3 is 2.61 bits per heavy atom. The van der Waals surface area contributed by atoms with Gasteiger partial charge < -0.3 is 0 Å². The third-order valence-electron chi connectivity index (χ3n) is 4.37. The van der Waals surface area contributed by atoms with Crippen molar-refractivity contribution in [1.29, 1.82) is 0 Å². The van der Waals surface area contributed by atoms with Crippen LogP contribution in [0.15, 0.2) is 54.7 Å². The molecule has 1 aromatic heterocycles. The topological polar surface area (TPSA) is 42.0 Å². The lowest BCUT2D eigenvalue weighted by Gasteiger charge is -2.21. The molecular weight excluding hydrogens is 411 g/mol. The highest BCUT2D eigenvalue weighted by Gasteiger charge is 2.17. The van der Waals surface area contributed by atoms with E-state index in [0.29, 0.717) is 27.3 Å². The molecule has 7 heteroatoms. The highest BCUT2D eigenvalue weighted by molar-refractivity contribution is 8.16. The van der Waals surface area contributed by atoms with E-state index in [1.807, 2.05) is 53.9 Å². The molecule has 1 N–H and O–H groups in total. The zero-order valence-electron chi connectivity index (χ0n) is 15.1. The SMILES string of the molecule is O=C(Nc1ncc(Cc2ccccc2F)s1)c1ccc(C2SCCCS2)cc1. The Morgan fingerprint density at radius 2 is 1.86 bits per heavy atom. The van der Waals surface area contributed by atoms with Gasteiger partial charge in [-0.25, -0.2) is 9.37 Å². The smallest absolute Gasteiger partial charge is 0.257 e. The molecule has 2 heterocycles. The summed E-state index contributed by atoms with van der Waals surface area (Å²) in [6, 6.07) is 14.5. The average molecular weight is 431 g/mol. The van der Waals surface area contributed by atoms with Crippen LogP contribution in [-0.2, 0) is 6.42 Å². The Morgan fingerprint density at radius 1 is 1.11 bits per heavy atom. The Hall–Kier alpha value is -1.83. The number of hydrogen-bond donors (Lipinski definition) is 1. The number of carbonyl (C=O) groups excluding carboxylic acids is 1. The second-order valence-corrected chi connectivity index (χ2v) is 10.2.